The van der Waals surface area contributed by atoms with Gasteiger partial charge in [-0.05, 0) is 140 Å². The number of hydrogen-bond acceptors (Lipinski definition) is 4. The highest BCUT2D eigenvalue weighted by Crippen LogP contribution is 2.43. The van der Waals surface area contributed by atoms with Gasteiger partial charge in [0.25, 0.3) is 0 Å². The number of nitrogens with zero attached hydrogens (tertiary/aromatic N) is 2. The molecule has 10 aromatic rings. The second-order valence-corrected chi connectivity index (χ2v) is 18.6. The molecule has 0 saturated carbocycles. The third kappa shape index (κ3) is 10.8. The average molecular weight is 957 g/mol. The Morgan fingerprint density at radius 3 is 1.58 bits per heavy atom. The Bertz CT molecular complexity index is 3670. The van der Waals surface area contributed by atoms with E-state index in [0.29, 0.717) is 12.0 Å². The molecule has 0 unspecified atom stereocenters. The molecule has 0 radical (unpaired) electrons. The number of aromatic nitrogens is 2. The number of rotatable bonds is 17. The van der Waals surface area contributed by atoms with Crippen LogP contribution in [0.1, 0.15) is 41.5 Å². The molecule has 0 aliphatic rings. The summed E-state index contributed by atoms with van der Waals surface area (Å²) in [4.78, 5) is 23.4. The Balaban J connectivity index is 1.08. The largest absolute Gasteiger partial charge is 0.507 e. The first-order valence-electron chi connectivity index (χ1n) is 25.2. The van der Waals surface area contributed by atoms with Gasteiger partial charge in [-0.15, -0.1) is 6.58 Å². The van der Waals surface area contributed by atoms with Gasteiger partial charge in [0.15, 0.2) is 5.78 Å². The number of carbonyl (C=O) groups excluding carboxylic acids is 1. The zero-order valence-corrected chi connectivity index (χ0v) is 41.6. The summed E-state index contributed by atoms with van der Waals surface area (Å²) >= 11 is 0. The first-order chi connectivity index (χ1) is 36.3. The summed E-state index contributed by atoms with van der Waals surface area (Å²) < 4.78 is 0. The van der Waals surface area contributed by atoms with Crippen LogP contribution in [0.2, 0.25) is 0 Å². The van der Waals surface area contributed by atoms with E-state index in [1.807, 2.05) is 60.9 Å². The SMILES string of the molecule is C=CCCC(=C)c1cnc(-c2ccc(-c3ccccc3-c3cc(-c4ccccc4CCC(=O)/C=C(\O)c4ccccc4)cc(-c4ccccc4-c4cnc(-c5ccccc5)cc4-c4ccccc4)c3)cc2)cc1C. The maximum absolute atomic E-state index is 13.4. The molecule has 0 amide bonds. The van der Waals surface area contributed by atoms with Crippen LogP contribution in [0.25, 0.3) is 101 Å². The van der Waals surface area contributed by atoms with Crippen LogP contribution in [0.4, 0.5) is 0 Å². The van der Waals surface area contributed by atoms with Gasteiger partial charge in [-0.1, -0.05) is 201 Å². The molecule has 2 heterocycles. The zero-order chi connectivity index (χ0) is 50.8. The molecule has 8 aromatic carbocycles. The molecular weight excluding hydrogens is 901 g/mol. The van der Waals surface area contributed by atoms with Crippen molar-refractivity contribution < 1.29 is 9.90 Å². The molecule has 74 heavy (non-hydrogen) atoms. The quantitative estimate of drug-likeness (QED) is 0.0561. The lowest BCUT2D eigenvalue weighted by Crippen LogP contribution is -2.00. The third-order valence-corrected chi connectivity index (χ3v) is 13.7. The van der Waals surface area contributed by atoms with Gasteiger partial charge in [0, 0.05) is 47.1 Å². The molecule has 0 atom stereocenters. The van der Waals surface area contributed by atoms with Crippen molar-refractivity contribution in [3.8, 4) is 89.3 Å². The number of hydrogen-bond donors (Lipinski definition) is 1. The Hall–Kier alpha value is -9.25. The number of aliphatic hydroxyl groups excluding tert-OH is 1. The van der Waals surface area contributed by atoms with Gasteiger partial charge in [0.1, 0.15) is 5.76 Å². The summed E-state index contributed by atoms with van der Waals surface area (Å²) in [5.74, 6) is -0.172. The van der Waals surface area contributed by atoms with Crippen molar-refractivity contribution in [2.24, 2.45) is 0 Å². The fourth-order valence-electron chi connectivity index (χ4n) is 9.85. The fourth-order valence-corrected chi connectivity index (χ4v) is 9.85. The average Bonchev–Trinajstić information content (AvgIpc) is 3.46. The predicted octanol–water partition coefficient (Wildman–Crippen LogP) is 18.2. The molecule has 0 aliphatic carbocycles. The summed E-state index contributed by atoms with van der Waals surface area (Å²) in [5.41, 5.74) is 21.7. The van der Waals surface area contributed by atoms with Gasteiger partial charge in [-0.2, -0.15) is 0 Å². The molecule has 0 fully saturated rings. The first-order valence-corrected chi connectivity index (χ1v) is 25.2. The highest BCUT2D eigenvalue weighted by Gasteiger charge is 2.19. The van der Waals surface area contributed by atoms with Gasteiger partial charge in [-0.25, -0.2) is 0 Å². The van der Waals surface area contributed by atoms with Crippen LogP contribution in [0.15, 0.2) is 256 Å². The Kier molecular flexibility index (Phi) is 14.7. The smallest absolute Gasteiger partial charge is 0.159 e. The molecule has 0 spiro atoms. The topological polar surface area (TPSA) is 63.1 Å². The minimum atomic E-state index is -0.140. The lowest BCUT2D eigenvalue weighted by atomic mass is 9.85. The molecular formula is C70H56N2O2. The van der Waals surface area contributed by atoms with E-state index in [4.69, 9.17) is 9.97 Å². The monoisotopic (exact) mass is 956 g/mol. The summed E-state index contributed by atoms with van der Waals surface area (Å²) in [6, 6.07) is 75.5. The molecule has 1 N–H and O–H groups in total. The van der Waals surface area contributed by atoms with Gasteiger partial charge in [0.2, 0.25) is 0 Å². The minimum absolute atomic E-state index is 0.0314. The van der Waals surface area contributed by atoms with E-state index in [1.165, 1.54) is 6.08 Å². The van der Waals surface area contributed by atoms with Crippen molar-refractivity contribution in [1.29, 1.82) is 0 Å². The maximum Gasteiger partial charge on any atom is 0.159 e. The van der Waals surface area contributed by atoms with E-state index in [9.17, 15) is 9.90 Å². The van der Waals surface area contributed by atoms with Crippen LogP contribution in [0, 0.1) is 6.92 Å². The van der Waals surface area contributed by atoms with E-state index in [0.717, 1.165) is 124 Å². The van der Waals surface area contributed by atoms with Gasteiger partial charge >= 0.3 is 0 Å². The van der Waals surface area contributed by atoms with Crippen molar-refractivity contribution in [2.45, 2.75) is 32.6 Å². The highest BCUT2D eigenvalue weighted by molar-refractivity contribution is 5.97. The Labute approximate surface area is 435 Å². The van der Waals surface area contributed by atoms with Crippen LogP contribution >= 0.6 is 0 Å². The van der Waals surface area contributed by atoms with E-state index in [-0.39, 0.29) is 18.0 Å². The van der Waals surface area contributed by atoms with E-state index in [1.54, 1.807) is 12.1 Å². The van der Waals surface area contributed by atoms with Gasteiger partial charge < -0.3 is 5.11 Å². The van der Waals surface area contributed by atoms with Crippen LogP contribution in [-0.4, -0.2) is 20.9 Å². The molecule has 4 heteroatoms. The number of aliphatic hydroxyl groups is 1. The summed E-state index contributed by atoms with van der Waals surface area (Å²) in [5, 5.41) is 10.8. The summed E-state index contributed by atoms with van der Waals surface area (Å²) in [6.45, 7) is 10.3. The van der Waals surface area contributed by atoms with E-state index < -0.39 is 0 Å². The molecule has 2 aromatic heterocycles. The van der Waals surface area contributed by atoms with Crippen LogP contribution in [-0.2, 0) is 11.2 Å². The zero-order valence-electron chi connectivity index (χ0n) is 41.6. The molecule has 358 valence electrons. The first kappa shape index (κ1) is 48.4. The molecule has 0 bridgehead atoms. The van der Waals surface area contributed by atoms with E-state index in [2.05, 4.69) is 184 Å². The molecule has 4 nitrogen and oxygen atoms in total. The second kappa shape index (κ2) is 22.4. The van der Waals surface area contributed by atoms with E-state index >= 15 is 0 Å². The molecule has 10 rings (SSSR count). The number of carbonyl (C=O) groups is 1. The molecule has 0 aliphatic heterocycles. The third-order valence-electron chi connectivity index (χ3n) is 13.7. The number of benzene rings is 8. The maximum atomic E-state index is 13.4. The van der Waals surface area contributed by atoms with Crippen LogP contribution in [0.3, 0.4) is 0 Å². The van der Waals surface area contributed by atoms with Crippen LogP contribution < -0.4 is 0 Å². The fraction of sp³-hybridized carbons (Fsp3) is 0.0714. The second-order valence-electron chi connectivity index (χ2n) is 18.6. The predicted molar refractivity (Wildman–Crippen MR) is 309 cm³/mol. The van der Waals surface area contributed by atoms with Crippen molar-refractivity contribution in [1.82, 2.24) is 9.97 Å². The van der Waals surface area contributed by atoms with Crippen molar-refractivity contribution in [2.75, 3.05) is 0 Å². The molecule has 0 saturated heterocycles. The summed E-state index contributed by atoms with van der Waals surface area (Å²) in [6.07, 6.45) is 9.72. The minimum Gasteiger partial charge on any atom is -0.507 e. The van der Waals surface area contributed by atoms with Crippen molar-refractivity contribution in [3.05, 3.63) is 278 Å². The van der Waals surface area contributed by atoms with Gasteiger partial charge in [0.05, 0.1) is 11.4 Å². The number of pyridine rings is 2. The number of ketones is 1. The highest BCUT2D eigenvalue weighted by atomic mass is 16.3. The van der Waals surface area contributed by atoms with Crippen molar-refractivity contribution in [3.63, 3.8) is 0 Å². The summed E-state index contributed by atoms with van der Waals surface area (Å²) in [7, 11) is 0. The lowest BCUT2D eigenvalue weighted by molar-refractivity contribution is -0.114. The Morgan fingerprint density at radius 2 is 0.946 bits per heavy atom. The number of allylic oxidation sites excluding steroid dienone is 3. The Morgan fingerprint density at radius 1 is 0.473 bits per heavy atom. The lowest BCUT2D eigenvalue weighted by Gasteiger charge is -2.19. The van der Waals surface area contributed by atoms with Gasteiger partial charge in [-0.3, -0.25) is 14.8 Å². The standard InChI is InChI=1S/C70H56N2O2/c1-4-5-21-48(2)66-46-71-68(40-49(66)3)54-36-34-52(35-37-54)61-30-17-18-31-62(61)57-41-56(60-29-16-15-24-51(60)38-39-59(73)44-70(74)55-27-13-8-14-28-55)42-58(43-57)63-32-19-20-33-64(63)67-47-72-69(53-25-11-7-12-26-53)45-65(67)50-22-9-6-10-23-50/h4,6-20,22-37,40-47,74H,1-2,5,21,38-39H2,3H3/b70-44-. The number of aryl methyl sites for hydroxylation is 2. The van der Waals surface area contributed by atoms with Crippen molar-refractivity contribution >= 4 is 17.1 Å². The normalized spacial score (nSPS) is 11.3. The van der Waals surface area contributed by atoms with Crippen LogP contribution in [0.5, 0.6) is 0 Å².